The Hall–Kier alpha value is -2.21. The van der Waals surface area contributed by atoms with Gasteiger partial charge in [-0.2, -0.15) is 0 Å². The average Bonchev–Trinajstić information content (AvgIpc) is 3.31. The number of amides is 1. The van der Waals surface area contributed by atoms with Gasteiger partial charge in [-0.15, -0.1) is 6.58 Å². The summed E-state index contributed by atoms with van der Waals surface area (Å²) in [4.78, 5) is 18.7. The SMILES string of the molecule is C=CCn1c(-c2ccc(OC)cc2)cnc1SCC(=O)N1CCCC1. The van der Waals surface area contributed by atoms with Crippen LogP contribution < -0.4 is 4.74 Å². The van der Waals surface area contributed by atoms with E-state index in [0.29, 0.717) is 12.3 Å². The highest BCUT2D eigenvalue weighted by Crippen LogP contribution is 2.28. The summed E-state index contributed by atoms with van der Waals surface area (Å²) in [5.74, 6) is 1.45. The number of carbonyl (C=O) groups is 1. The van der Waals surface area contributed by atoms with Crippen LogP contribution in [0.2, 0.25) is 0 Å². The Morgan fingerprint density at radius 2 is 2.04 bits per heavy atom. The number of rotatable bonds is 7. The second kappa shape index (κ2) is 8.25. The largest absolute Gasteiger partial charge is 0.497 e. The van der Waals surface area contributed by atoms with Gasteiger partial charge in [0.25, 0.3) is 0 Å². The van der Waals surface area contributed by atoms with Gasteiger partial charge in [-0.1, -0.05) is 17.8 Å². The quantitative estimate of drug-likeness (QED) is 0.562. The molecule has 132 valence electrons. The van der Waals surface area contributed by atoms with E-state index in [1.165, 1.54) is 11.8 Å². The molecule has 0 N–H and O–H groups in total. The normalized spacial score (nSPS) is 13.9. The topological polar surface area (TPSA) is 47.4 Å². The van der Waals surface area contributed by atoms with E-state index < -0.39 is 0 Å². The van der Waals surface area contributed by atoms with Crippen LogP contribution in [-0.2, 0) is 11.3 Å². The predicted molar refractivity (Wildman–Crippen MR) is 101 cm³/mol. The van der Waals surface area contributed by atoms with Gasteiger partial charge >= 0.3 is 0 Å². The van der Waals surface area contributed by atoms with E-state index in [1.807, 2.05) is 41.4 Å². The van der Waals surface area contributed by atoms with Crippen molar-refractivity contribution in [3.63, 3.8) is 0 Å². The summed E-state index contributed by atoms with van der Waals surface area (Å²) >= 11 is 1.49. The van der Waals surface area contributed by atoms with E-state index in [-0.39, 0.29) is 5.91 Å². The zero-order chi connectivity index (χ0) is 17.6. The lowest BCUT2D eigenvalue weighted by Crippen LogP contribution is -2.29. The lowest BCUT2D eigenvalue weighted by atomic mass is 10.1. The molecule has 1 aliphatic rings. The van der Waals surface area contributed by atoms with Crippen LogP contribution in [0, 0.1) is 0 Å². The number of ether oxygens (including phenoxy) is 1. The summed E-state index contributed by atoms with van der Waals surface area (Å²) in [7, 11) is 1.66. The van der Waals surface area contributed by atoms with Crippen molar-refractivity contribution >= 4 is 17.7 Å². The van der Waals surface area contributed by atoms with Gasteiger partial charge in [-0.05, 0) is 37.1 Å². The van der Waals surface area contributed by atoms with Gasteiger partial charge in [0.2, 0.25) is 5.91 Å². The predicted octanol–water partition coefficient (Wildman–Crippen LogP) is 3.46. The standard InChI is InChI=1S/C19H23N3O2S/c1-3-10-22-17(15-6-8-16(24-2)9-7-15)13-20-19(22)25-14-18(23)21-11-4-5-12-21/h3,6-9,13H,1,4-5,10-12,14H2,2H3. The first-order valence-corrected chi connectivity index (χ1v) is 9.43. The number of hydrogen-bond donors (Lipinski definition) is 0. The maximum absolute atomic E-state index is 12.3. The second-order valence-corrected chi connectivity index (χ2v) is 6.87. The minimum Gasteiger partial charge on any atom is -0.497 e. The fraction of sp³-hybridized carbons (Fsp3) is 0.368. The number of hydrogen-bond acceptors (Lipinski definition) is 4. The molecule has 1 fully saturated rings. The van der Waals surface area contributed by atoms with Crippen molar-refractivity contribution in [1.29, 1.82) is 0 Å². The number of carbonyl (C=O) groups excluding carboxylic acids is 1. The van der Waals surface area contributed by atoms with Crippen LogP contribution in [-0.4, -0.2) is 46.3 Å². The number of allylic oxidation sites excluding steroid dienone is 1. The third-order valence-electron chi connectivity index (χ3n) is 4.30. The van der Waals surface area contributed by atoms with E-state index in [1.54, 1.807) is 7.11 Å². The first-order valence-electron chi connectivity index (χ1n) is 8.44. The molecule has 0 aliphatic carbocycles. The minimum atomic E-state index is 0.196. The van der Waals surface area contributed by atoms with Crippen LogP contribution in [0.25, 0.3) is 11.3 Å². The Labute approximate surface area is 152 Å². The Morgan fingerprint density at radius 1 is 1.32 bits per heavy atom. The number of benzene rings is 1. The van der Waals surface area contributed by atoms with Crippen LogP contribution in [0.5, 0.6) is 5.75 Å². The van der Waals surface area contributed by atoms with Crippen LogP contribution >= 0.6 is 11.8 Å². The van der Waals surface area contributed by atoms with E-state index in [4.69, 9.17) is 4.74 Å². The third-order valence-corrected chi connectivity index (χ3v) is 5.28. The number of thioether (sulfide) groups is 1. The highest BCUT2D eigenvalue weighted by atomic mass is 32.2. The molecule has 1 aromatic heterocycles. The van der Waals surface area contributed by atoms with Crippen LogP contribution in [0.1, 0.15) is 12.8 Å². The summed E-state index contributed by atoms with van der Waals surface area (Å²) in [5.41, 5.74) is 2.08. The van der Waals surface area contributed by atoms with E-state index >= 15 is 0 Å². The molecule has 1 saturated heterocycles. The van der Waals surface area contributed by atoms with Crippen molar-refractivity contribution in [3.05, 3.63) is 43.1 Å². The zero-order valence-corrected chi connectivity index (χ0v) is 15.3. The van der Waals surface area contributed by atoms with Gasteiger partial charge in [-0.3, -0.25) is 4.79 Å². The van der Waals surface area contributed by atoms with Crippen molar-refractivity contribution in [1.82, 2.24) is 14.5 Å². The molecule has 1 aromatic carbocycles. The monoisotopic (exact) mass is 357 g/mol. The summed E-state index contributed by atoms with van der Waals surface area (Å²) in [5, 5.41) is 0.846. The van der Waals surface area contributed by atoms with Crippen LogP contribution in [0.15, 0.2) is 48.3 Å². The molecule has 0 radical (unpaired) electrons. The molecule has 0 atom stereocenters. The second-order valence-electron chi connectivity index (χ2n) is 5.93. The number of imidazole rings is 1. The maximum atomic E-state index is 12.3. The number of nitrogens with zero attached hydrogens (tertiary/aromatic N) is 3. The summed E-state index contributed by atoms with van der Waals surface area (Å²) in [6.45, 7) is 6.27. The maximum Gasteiger partial charge on any atom is 0.233 e. The number of methoxy groups -OCH3 is 1. The van der Waals surface area contributed by atoms with Crippen LogP contribution in [0.4, 0.5) is 0 Å². The molecule has 0 bridgehead atoms. The molecule has 0 saturated carbocycles. The lowest BCUT2D eigenvalue weighted by Gasteiger charge is -2.15. The van der Waals surface area contributed by atoms with E-state index in [9.17, 15) is 4.79 Å². The third kappa shape index (κ3) is 4.07. The smallest absolute Gasteiger partial charge is 0.233 e. The highest BCUT2D eigenvalue weighted by molar-refractivity contribution is 7.99. The fourth-order valence-corrected chi connectivity index (χ4v) is 3.85. The molecule has 1 amide bonds. The Morgan fingerprint density at radius 3 is 2.68 bits per heavy atom. The molecule has 6 heteroatoms. The molecule has 3 rings (SSSR count). The van der Waals surface area contributed by atoms with Gasteiger partial charge in [0, 0.05) is 25.2 Å². The Bertz CT molecular complexity index is 734. The molecular formula is C19H23N3O2S. The Kier molecular flexibility index (Phi) is 5.81. The molecule has 1 aliphatic heterocycles. The van der Waals surface area contributed by atoms with E-state index in [0.717, 1.165) is 48.1 Å². The molecule has 0 spiro atoms. The molecular weight excluding hydrogens is 334 g/mol. The molecule has 0 unspecified atom stereocenters. The summed E-state index contributed by atoms with van der Waals surface area (Å²) < 4.78 is 7.31. The first-order chi connectivity index (χ1) is 12.2. The van der Waals surface area contributed by atoms with Crippen molar-refractivity contribution in [3.8, 4) is 17.0 Å². The van der Waals surface area contributed by atoms with Crippen LogP contribution in [0.3, 0.4) is 0 Å². The minimum absolute atomic E-state index is 0.196. The fourth-order valence-electron chi connectivity index (χ4n) is 2.96. The molecule has 5 nitrogen and oxygen atoms in total. The van der Waals surface area contributed by atoms with Crippen molar-refractivity contribution < 1.29 is 9.53 Å². The van der Waals surface area contributed by atoms with Gasteiger partial charge in [0.05, 0.1) is 24.8 Å². The molecule has 2 heterocycles. The van der Waals surface area contributed by atoms with Gasteiger partial charge in [0.1, 0.15) is 5.75 Å². The lowest BCUT2D eigenvalue weighted by molar-refractivity contribution is -0.127. The Balaban J connectivity index is 1.76. The first kappa shape index (κ1) is 17.6. The van der Waals surface area contributed by atoms with Crippen molar-refractivity contribution in [2.45, 2.75) is 24.5 Å². The van der Waals surface area contributed by atoms with Gasteiger partial charge < -0.3 is 14.2 Å². The summed E-state index contributed by atoms with van der Waals surface area (Å²) in [6, 6.07) is 7.90. The number of likely N-dealkylation sites (tertiary alicyclic amines) is 1. The number of aromatic nitrogens is 2. The summed E-state index contributed by atoms with van der Waals surface area (Å²) in [6.07, 6.45) is 5.93. The average molecular weight is 357 g/mol. The highest BCUT2D eigenvalue weighted by Gasteiger charge is 2.19. The zero-order valence-electron chi connectivity index (χ0n) is 14.5. The van der Waals surface area contributed by atoms with Gasteiger partial charge in [0.15, 0.2) is 5.16 Å². The van der Waals surface area contributed by atoms with Crippen molar-refractivity contribution in [2.75, 3.05) is 26.0 Å². The van der Waals surface area contributed by atoms with Crippen molar-refractivity contribution in [2.24, 2.45) is 0 Å². The van der Waals surface area contributed by atoms with E-state index in [2.05, 4.69) is 16.1 Å². The molecule has 25 heavy (non-hydrogen) atoms. The van der Waals surface area contributed by atoms with Gasteiger partial charge in [-0.25, -0.2) is 4.98 Å². The molecule has 2 aromatic rings.